The van der Waals surface area contributed by atoms with Gasteiger partial charge in [0, 0.05) is 22.7 Å². The summed E-state index contributed by atoms with van der Waals surface area (Å²) < 4.78 is 0. The number of aryl methyl sites for hydroxylation is 1. The van der Waals surface area contributed by atoms with Gasteiger partial charge >= 0.3 is 0 Å². The quantitative estimate of drug-likeness (QED) is 0.326. The first-order chi connectivity index (χ1) is 15.3. The maximum absolute atomic E-state index is 4.86. The largest absolute Gasteiger partial charge is 0.255 e. The van der Waals surface area contributed by atoms with Crippen molar-refractivity contribution < 1.29 is 0 Å². The van der Waals surface area contributed by atoms with Crippen LogP contribution in [0.5, 0.6) is 0 Å². The molecule has 0 unspecified atom stereocenters. The van der Waals surface area contributed by atoms with Gasteiger partial charge in [-0.1, -0.05) is 134 Å². The van der Waals surface area contributed by atoms with E-state index in [1.165, 1.54) is 39.4 Å². The van der Waals surface area contributed by atoms with Gasteiger partial charge in [0.15, 0.2) is 0 Å². The maximum atomic E-state index is 4.86. The Kier molecular flexibility index (Phi) is 12.6. The minimum absolute atomic E-state index is 1.01. The Bertz CT molecular complexity index is 1000. The fourth-order valence-electron chi connectivity index (χ4n) is 3.31. The number of hydrogen-bond acceptors (Lipinski definition) is 1. The van der Waals surface area contributed by atoms with Gasteiger partial charge in [0.2, 0.25) is 0 Å². The Morgan fingerprint density at radius 2 is 1.10 bits per heavy atom. The van der Waals surface area contributed by atoms with Crippen LogP contribution in [0.1, 0.15) is 60.5 Å². The molecule has 0 aliphatic heterocycles. The molecule has 0 amide bonds. The number of fused-ring (bicyclic) bond motifs is 1. The van der Waals surface area contributed by atoms with Gasteiger partial charge in [-0.05, 0) is 22.9 Å². The first kappa shape index (κ1) is 26.1. The van der Waals surface area contributed by atoms with E-state index >= 15 is 0 Å². The number of aromatic nitrogens is 1. The fourth-order valence-corrected chi connectivity index (χ4v) is 3.31. The van der Waals surface area contributed by atoms with Crippen LogP contribution in [0, 0.1) is 0 Å². The number of benzene rings is 3. The third-order valence-electron chi connectivity index (χ3n) is 4.53. The number of pyridine rings is 1. The zero-order valence-electron chi connectivity index (χ0n) is 20.4. The molecule has 1 heterocycles. The Hall–Kier alpha value is -2.93. The molecule has 3 aromatic carbocycles. The van der Waals surface area contributed by atoms with Crippen LogP contribution in [-0.4, -0.2) is 4.98 Å². The Morgan fingerprint density at radius 1 is 0.581 bits per heavy atom. The van der Waals surface area contributed by atoms with E-state index in [1.54, 1.807) is 0 Å². The second-order valence-corrected chi connectivity index (χ2v) is 6.65. The molecule has 0 N–H and O–H groups in total. The molecule has 0 atom stereocenters. The second-order valence-electron chi connectivity index (χ2n) is 6.65. The van der Waals surface area contributed by atoms with Crippen molar-refractivity contribution in [3.63, 3.8) is 0 Å². The highest BCUT2D eigenvalue weighted by Crippen LogP contribution is 2.34. The summed E-state index contributed by atoms with van der Waals surface area (Å²) in [6.45, 7) is 14.4. The van der Waals surface area contributed by atoms with E-state index in [9.17, 15) is 0 Å². The van der Waals surface area contributed by atoms with E-state index < -0.39 is 0 Å². The van der Waals surface area contributed by atoms with Gasteiger partial charge in [-0.25, -0.2) is 0 Å². The lowest BCUT2D eigenvalue weighted by Gasteiger charge is -2.13. The van der Waals surface area contributed by atoms with E-state index in [1.807, 2.05) is 40.0 Å². The van der Waals surface area contributed by atoms with E-state index in [4.69, 9.17) is 4.98 Å². The molecule has 0 saturated heterocycles. The van der Waals surface area contributed by atoms with Crippen LogP contribution in [-0.2, 0) is 6.42 Å². The SMILES string of the molecule is CC.CC.CCC.CCc1ccccc1-c1ncc(-c2ccccc2)c2ccccc12. The summed E-state index contributed by atoms with van der Waals surface area (Å²) in [4.78, 5) is 4.86. The van der Waals surface area contributed by atoms with Crippen LogP contribution in [0.25, 0.3) is 33.2 Å². The summed E-state index contributed by atoms with van der Waals surface area (Å²) in [5.74, 6) is 0. The fraction of sp³-hybridized carbons (Fsp3) is 0.300. The van der Waals surface area contributed by atoms with Gasteiger partial charge in [-0.2, -0.15) is 0 Å². The third kappa shape index (κ3) is 6.79. The summed E-state index contributed by atoms with van der Waals surface area (Å²) in [5.41, 5.74) is 6.03. The molecule has 31 heavy (non-hydrogen) atoms. The number of nitrogens with zero attached hydrogens (tertiary/aromatic N) is 1. The topological polar surface area (TPSA) is 12.9 Å². The molecule has 0 bridgehead atoms. The lowest BCUT2D eigenvalue weighted by atomic mass is 9.94. The van der Waals surface area contributed by atoms with Gasteiger partial charge in [0.1, 0.15) is 0 Å². The van der Waals surface area contributed by atoms with Gasteiger partial charge in [0.25, 0.3) is 0 Å². The minimum Gasteiger partial charge on any atom is -0.255 e. The van der Waals surface area contributed by atoms with Crippen LogP contribution < -0.4 is 0 Å². The molecule has 1 nitrogen and oxygen atoms in total. The zero-order valence-corrected chi connectivity index (χ0v) is 20.4. The molecule has 1 heteroatoms. The van der Waals surface area contributed by atoms with Gasteiger partial charge in [-0.15, -0.1) is 0 Å². The highest BCUT2D eigenvalue weighted by molar-refractivity contribution is 6.03. The Labute approximate surface area is 190 Å². The maximum Gasteiger partial charge on any atom is 0.0783 e. The zero-order chi connectivity index (χ0) is 23.1. The second kappa shape index (κ2) is 15.0. The van der Waals surface area contributed by atoms with Crippen molar-refractivity contribution in [3.05, 3.63) is 90.6 Å². The van der Waals surface area contributed by atoms with Gasteiger partial charge in [0.05, 0.1) is 5.69 Å². The molecule has 0 saturated carbocycles. The molecule has 4 rings (SSSR count). The molecule has 0 spiro atoms. The predicted molar refractivity (Wildman–Crippen MR) is 141 cm³/mol. The smallest absolute Gasteiger partial charge is 0.0783 e. The molecule has 0 radical (unpaired) electrons. The average Bonchev–Trinajstić information content (AvgIpc) is 2.87. The van der Waals surface area contributed by atoms with Crippen molar-refractivity contribution in [1.82, 2.24) is 4.98 Å². The molecule has 0 aliphatic rings. The average molecular weight is 414 g/mol. The van der Waals surface area contributed by atoms with Crippen molar-refractivity contribution in [1.29, 1.82) is 0 Å². The lowest BCUT2D eigenvalue weighted by molar-refractivity contribution is 1.09. The standard InChI is InChI=1S/C23H19N.C3H8.2C2H6/c1-2-17-10-6-7-13-19(17)23-21-15-9-8-14-20(21)22(16-24-23)18-11-4-3-5-12-18;1-3-2;2*1-2/h3-16H,2H2,1H3;3H2,1-2H3;2*1-2H3. The van der Waals surface area contributed by atoms with Crippen molar-refractivity contribution in [2.45, 2.75) is 61.3 Å². The summed E-state index contributed by atoms with van der Waals surface area (Å²) in [6.07, 6.45) is 4.27. The van der Waals surface area contributed by atoms with Crippen LogP contribution in [0.2, 0.25) is 0 Å². The van der Waals surface area contributed by atoms with E-state index in [2.05, 4.69) is 93.6 Å². The number of hydrogen-bond donors (Lipinski definition) is 0. The highest BCUT2D eigenvalue weighted by Gasteiger charge is 2.12. The monoisotopic (exact) mass is 413 g/mol. The molecule has 1 aromatic heterocycles. The van der Waals surface area contributed by atoms with Crippen molar-refractivity contribution in [2.75, 3.05) is 0 Å². The lowest BCUT2D eigenvalue weighted by Crippen LogP contribution is -1.93. The Balaban J connectivity index is 0.000000620. The molecule has 0 aliphatic carbocycles. The van der Waals surface area contributed by atoms with Crippen LogP contribution in [0.15, 0.2) is 85.1 Å². The minimum atomic E-state index is 1.01. The summed E-state index contributed by atoms with van der Waals surface area (Å²) in [5, 5.41) is 2.46. The van der Waals surface area contributed by atoms with Crippen LogP contribution in [0.3, 0.4) is 0 Å². The van der Waals surface area contributed by atoms with Crippen molar-refractivity contribution in [2.24, 2.45) is 0 Å². The Morgan fingerprint density at radius 3 is 1.71 bits per heavy atom. The summed E-state index contributed by atoms with van der Waals surface area (Å²) in [7, 11) is 0. The third-order valence-corrected chi connectivity index (χ3v) is 4.53. The number of rotatable bonds is 3. The highest BCUT2D eigenvalue weighted by atomic mass is 14.7. The van der Waals surface area contributed by atoms with E-state index in [-0.39, 0.29) is 0 Å². The normalized spacial score (nSPS) is 9.39. The van der Waals surface area contributed by atoms with Crippen molar-refractivity contribution >= 4 is 10.8 Å². The summed E-state index contributed by atoms with van der Waals surface area (Å²) in [6, 6.07) is 27.6. The molecule has 164 valence electrons. The predicted octanol–water partition coefficient (Wildman–Crippen LogP) is 9.60. The van der Waals surface area contributed by atoms with Crippen molar-refractivity contribution in [3.8, 4) is 22.4 Å². The summed E-state index contributed by atoms with van der Waals surface area (Å²) >= 11 is 0. The van der Waals surface area contributed by atoms with Crippen LogP contribution in [0.4, 0.5) is 0 Å². The van der Waals surface area contributed by atoms with E-state index in [0.717, 1.165) is 12.1 Å². The van der Waals surface area contributed by atoms with E-state index in [0.29, 0.717) is 0 Å². The first-order valence-corrected chi connectivity index (χ1v) is 11.8. The van der Waals surface area contributed by atoms with Crippen LogP contribution >= 0.6 is 0 Å². The molecule has 4 aromatic rings. The van der Waals surface area contributed by atoms with Gasteiger partial charge < -0.3 is 0 Å². The molecular formula is C30H39N. The first-order valence-electron chi connectivity index (χ1n) is 11.8. The van der Waals surface area contributed by atoms with Gasteiger partial charge in [-0.3, -0.25) is 4.98 Å². The molecule has 0 fully saturated rings. The molecular weight excluding hydrogens is 374 g/mol.